The molecule has 0 bridgehead atoms. The van der Waals surface area contributed by atoms with Gasteiger partial charge in [0.1, 0.15) is 46.3 Å². The van der Waals surface area contributed by atoms with Crippen LogP contribution in [0.2, 0.25) is 0 Å². The highest BCUT2D eigenvalue weighted by Crippen LogP contribution is 2.35. The molecule has 0 aliphatic rings. The lowest BCUT2D eigenvalue weighted by Gasteiger charge is -2.17. The minimum atomic E-state index is -0.618. The fraction of sp³-hybridized carbons (Fsp3) is 0.222. The number of benzene rings is 8. The zero-order valence-corrected chi connectivity index (χ0v) is 58.0. The quantitative estimate of drug-likeness (QED) is 0.0309. The van der Waals surface area contributed by atoms with E-state index in [2.05, 4.69) is 42.5 Å². The van der Waals surface area contributed by atoms with Gasteiger partial charge in [0, 0.05) is 22.7 Å². The Morgan fingerprint density at radius 2 is 0.479 bits per heavy atom. The zero-order valence-electron chi connectivity index (χ0n) is 54.7. The van der Waals surface area contributed by atoms with E-state index in [1.165, 1.54) is 72.8 Å². The number of thiocarbonyl (C=S) groups is 4. The van der Waals surface area contributed by atoms with Gasteiger partial charge in [-0.1, -0.05) is 104 Å². The van der Waals surface area contributed by atoms with E-state index in [-0.39, 0.29) is 89.4 Å². The highest BCUT2D eigenvalue weighted by Gasteiger charge is 2.21. The SMILES string of the molecule is Cc1cc(NC(=S)NC(=O)c2ccccc2F)c(C(C)C)cc1O.Cc1cc(NC(=S)NC(=O)c2ccccc2F)c(C(C)C)cc1O.Cc1cc(NC(=S)NC(=O)c2ccccc2F)c(C(C)C)cc1O.Cc1cc(NC(=S)NC(=O)c2ccccc2F)c(C(C)C)cc1O. The summed E-state index contributed by atoms with van der Waals surface area (Å²) in [6.45, 7) is 22.9. The monoisotopic (exact) mass is 1380 g/mol. The molecule has 24 heteroatoms. The van der Waals surface area contributed by atoms with Crippen LogP contribution in [0.4, 0.5) is 40.3 Å². The van der Waals surface area contributed by atoms with Gasteiger partial charge >= 0.3 is 0 Å². The Hall–Kier alpha value is -9.88. The van der Waals surface area contributed by atoms with Crippen molar-refractivity contribution in [3.63, 3.8) is 0 Å². The number of carbonyl (C=O) groups excluding carboxylic acids is 4. The number of anilines is 4. The number of phenols is 4. The first-order valence-corrected chi connectivity index (χ1v) is 31.6. The summed E-state index contributed by atoms with van der Waals surface area (Å²) in [5, 5.41) is 61.3. The molecule has 8 rings (SSSR count). The van der Waals surface area contributed by atoms with Crippen LogP contribution in [0.1, 0.15) is 165 Å². The number of amides is 4. The van der Waals surface area contributed by atoms with Gasteiger partial charge in [0.2, 0.25) is 0 Å². The molecular formula is C72H76F4N8O8S4. The second-order valence-corrected chi connectivity index (χ2v) is 24.7. The largest absolute Gasteiger partial charge is 0.508 e. The Labute approximate surface area is 577 Å². The van der Waals surface area contributed by atoms with Gasteiger partial charge in [0.15, 0.2) is 20.4 Å². The number of hydrogen-bond acceptors (Lipinski definition) is 12. The fourth-order valence-corrected chi connectivity index (χ4v) is 9.88. The Morgan fingerprint density at radius 1 is 0.312 bits per heavy atom. The van der Waals surface area contributed by atoms with Gasteiger partial charge in [0.25, 0.3) is 23.6 Å². The van der Waals surface area contributed by atoms with Crippen LogP contribution in [0, 0.1) is 51.0 Å². The van der Waals surface area contributed by atoms with Crippen LogP contribution in [0.3, 0.4) is 0 Å². The van der Waals surface area contributed by atoms with Gasteiger partial charge in [0.05, 0.1) is 22.3 Å². The molecule has 12 N–H and O–H groups in total. The van der Waals surface area contributed by atoms with Crippen molar-refractivity contribution in [1.82, 2.24) is 21.3 Å². The summed E-state index contributed by atoms with van der Waals surface area (Å²) in [6, 6.07) is 36.5. The van der Waals surface area contributed by atoms with Gasteiger partial charge in [-0.3, -0.25) is 40.4 Å². The Kier molecular flexibility index (Phi) is 28.5. The van der Waals surface area contributed by atoms with Crippen LogP contribution in [-0.2, 0) is 0 Å². The molecule has 4 amide bonds. The molecule has 0 heterocycles. The summed E-state index contributed by atoms with van der Waals surface area (Å²) >= 11 is 20.6. The second kappa shape index (κ2) is 35.6. The van der Waals surface area contributed by atoms with Crippen molar-refractivity contribution in [2.24, 2.45) is 0 Å². The number of aromatic hydroxyl groups is 4. The Bertz CT molecular complexity index is 3690. The zero-order chi connectivity index (χ0) is 71.4. The number of rotatable bonds is 12. The van der Waals surface area contributed by atoms with Crippen LogP contribution in [0.15, 0.2) is 146 Å². The summed E-state index contributed by atoms with van der Waals surface area (Å²) in [6.07, 6.45) is 0. The Morgan fingerprint density at radius 3 is 0.635 bits per heavy atom. The standard InChI is InChI=1S/4C18H19FN2O2S/c4*1-10(2)13-9-16(22)11(3)8-15(13)20-18(24)21-17(23)12-6-4-5-7-14(12)19/h4*4-10,22H,1-3H3,(H2,20,21,23,24). The van der Waals surface area contributed by atoms with Crippen molar-refractivity contribution in [2.75, 3.05) is 21.3 Å². The highest BCUT2D eigenvalue weighted by atomic mass is 32.1. The lowest BCUT2D eigenvalue weighted by Crippen LogP contribution is -2.34. The molecule has 504 valence electrons. The van der Waals surface area contributed by atoms with E-state index in [0.717, 1.165) is 22.3 Å². The molecule has 0 atom stereocenters. The number of halogens is 4. The maximum absolute atomic E-state index is 13.6. The lowest BCUT2D eigenvalue weighted by molar-refractivity contribution is 0.0965. The van der Waals surface area contributed by atoms with Crippen LogP contribution < -0.4 is 42.5 Å². The van der Waals surface area contributed by atoms with Crippen molar-refractivity contribution in [1.29, 1.82) is 0 Å². The lowest BCUT2D eigenvalue weighted by atomic mass is 9.98. The van der Waals surface area contributed by atoms with Crippen molar-refractivity contribution >= 4 is 116 Å². The second-order valence-electron chi connectivity index (χ2n) is 23.1. The predicted molar refractivity (Wildman–Crippen MR) is 388 cm³/mol. The normalized spacial score (nSPS) is 10.5. The van der Waals surface area contributed by atoms with Gasteiger partial charge in [-0.15, -0.1) is 0 Å². The minimum Gasteiger partial charge on any atom is -0.508 e. The van der Waals surface area contributed by atoms with Crippen molar-refractivity contribution in [3.8, 4) is 23.0 Å². The van der Waals surface area contributed by atoms with E-state index in [0.29, 0.717) is 45.0 Å². The first kappa shape index (κ1) is 76.8. The van der Waals surface area contributed by atoms with E-state index in [1.54, 1.807) is 100 Å². The van der Waals surface area contributed by atoms with E-state index >= 15 is 0 Å². The molecule has 0 saturated heterocycles. The van der Waals surface area contributed by atoms with Crippen molar-refractivity contribution in [2.45, 2.75) is 107 Å². The highest BCUT2D eigenvalue weighted by molar-refractivity contribution is 7.81. The summed E-state index contributed by atoms with van der Waals surface area (Å²) in [7, 11) is 0. The predicted octanol–water partition coefficient (Wildman–Crippen LogP) is 16.4. The molecule has 0 spiro atoms. The molecular weight excluding hydrogens is 1310 g/mol. The van der Waals surface area contributed by atoms with Crippen LogP contribution in [-0.4, -0.2) is 64.5 Å². The van der Waals surface area contributed by atoms with Crippen LogP contribution >= 0.6 is 48.9 Å². The smallest absolute Gasteiger partial charge is 0.260 e. The van der Waals surface area contributed by atoms with Crippen molar-refractivity contribution < 1.29 is 57.2 Å². The number of hydrogen-bond donors (Lipinski definition) is 12. The topological polar surface area (TPSA) is 245 Å². The molecule has 96 heavy (non-hydrogen) atoms. The summed E-state index contributed by atoms with van der Waals surface area (Å²) < 4.78 is 54.5. The molecule has 0 aliphatic heterocycles. The summed E-state index contributed by atoms with van der Waals surface area (Å²) in [4.78, 5) is 48.3. The van der Waals surface area contributed by atoms with Crippen LogP contribution in [0.25, 0.3) is 0 Å². The first-order chi connectivity index (χ1) is 45.2. The number of phenolic OH excluding ortho intramolecular Hbond substituents is 4. The third-order valence-corrected chi connectivity index (χ3v) is 15.2. The average molecular weight is 1390 g/mol. The number of nitrogens with one attached hydrogen (secondary N) is 8. The van der Waals surface area contributed by atoms with E-state index in [4.69, 9.17) is 48.9 Å². The molecule has 8 aromatic rings. The molecule has 0 aliphatic carbocycles. The van der Waals surface area contributed by atoms with Gasteiger partial charge in [-0.05, 0) is 242 Å². The van der Waals surface area contributed by atoms with E-state index < -0.39 is 46.9 Å². The molecule has 16 nitrogen and oxygen atoms in total. The summed E-state index contributed by atoms with van der Waals surface area (Å²) in [5.41, 5.74) is 8.66. The summed E-state index contributed by atoms with van der Waals surface area (Å²) in [5.74, 6) is -3.54. The Balaban J connectivity index is 0.000000231. The molecule has 0 saturated carbocycles. The molecule has 0 radical (unpaired) electrons. The molecule has 0 unspecified atom stereocenters. The van der Waals surface area contributed by atoms with Gasteiger partial charge in [-0.2, -0.15) is 0 Å². The third-order valence-electron chi connectivity index (χ3n) is 14.3. The molecule has 0 aromatic heterocycles. The number of aryl methyl sites for hydroxylation is 4. The maximum atomic E-state index is 13.6. The minimum absolute atomic E-state index is 0.0650. The maximum Gasteiger partial charge on any atom is 0.260 e. The van der Waals surface area contributed by atoms with E-state index in [1.807, 2.05) is 55.4 Å². The average Bonchev–Trinajstić information content (AvgIpc) is 0.932. The van der Waals surface area contributed by atoms with Gasteiger partial charge in [-0.25, -0.2) is 17.6 Å². The van der Waals surface area contributed by atoms with Crippen molar-refractivity contribution in [3.05, 3.63) is 236 Å². The first-order valence-electron chi connectivity index (χ1n) is 30.0. The van der Waals surface area contributed by atoms with Gasteiger partial charge < -0.3 is 41.7 Å². The fourth-order valence-electron chi connectivity index (χ4n) is 9.07. The van der Waals surface area contributed by atoms with Crippen LogP contribution in [0.5, 0.6) is 23.0 Å². The third kappa shape index (κ3) is 22.1. The molecule has 8 aromatic carbocycles. The van der Waals surface area contributed by atoms with E-state index in [9.17, 15) is 57.2 Å². The number of carbonyl (C=O) groups is 4. The molecule has 0 fully saturated rings.